The second-order valence-electron chi connectivity index (χ2n) is 4.74. The van der Waals surface area contributed by atoms with Gasteiger partial charge in [0, 0.05) is 24.3 Å². The molecule has 0 atom stereocenters. The van der Waals surface area contributed by atoms with Crippen LogP contribution in [0.25, 0.3) is 6.08 Å². The molecule has 0 aliphatic rings. The van der Waals surface area contributed by atoms with Gasteiger partial charge < -0.3 is 14.8 Å². The number of nitro benzene ring substituents is 1. The molecule has 124 valence electrons. The predicted octanol–water partition coefficient (Wildman–Crippen LogP) is 3.26. The Balaban J connectivity index is 2.10. The maximum atomic E-state index is 12.0. The lowest BCUT2D eigenvalue weighted by molar-refractivity contribution is -0.384. The predicted molar refractivity (Wildman–Crippen MR) is 90.3 cm³/mol. The summed E-state index contributed by atoms with van der Waals surface area (Å²) >= 11 is 0. The number of nitrogens with one attached hydrogen (secondary N) is 1. The molecule has 0 saturated carbocycles. The first kappa shape index (κ1) is 17.0. The highest BCUT2D eigenvalue weighted by Gasteiger charge is 2.08. The molecule has 1 amide bonds. The summed E-state index contributed by atoms with van der Waals surface area (Å²) in [7, 11) is 3.03. The molecule has 0 spiro atoms. The fraction of sp³-hybridized carbons (Fsp3) is 0.118. The summed E-state index contributed by atoms with van der Waals surface area (Å²) in [5.41, 5.74) is 1.02. The molecule has 7 heteroatoms. The molecule has 0 aliphatic heterocycles. The number of carbonyl (C=O) groups is 1. The SMILES string of the molecule is COc1ccc(NC(=O)/C=C/c2cccc([N+](=O)[O-])c2)c(OC)c1. The number of methoxy groups -OCH3 is 2. The summed E-state index contributed by atoms with van der Waals surface area (Å²) in [6, 6.07) is 11.0. The van der Waals surface area contributed by atoms with Crippen LogP contribution in [0.4, 0.5) is 11.4 Å². The minimum atomic E-state index is -0.486. The van der Waals surface area contributed by atoms with E-state index < -0.39 is 4.92 Å². The maximum Gasteiger partial charge on any atom is 0.270 e. The molecule has 0 bridgehead atoms. The summed E-state index contributed by atoms with van der Waals surface area (Å²) in [5, 5.41) is 13.4. The van der Waals surface area contributed by atoms with Crippen molar-refractivity contribution in [3.05, 3.63) is 64.2 Å². The molecule has 0 aromatic heterocycles. The lowest BCUT2D eigenvalue weighted by Crippen LogP contribution is -2.09. The monoisotopic (exact) mass is 328 g/mol. The third-order valence-electron chi connectivity index (χ3n) is 3.17. The molecular formula is C17H16N2O5. The number of rotatable bonds is 6. The highest BCUT2D eigenvalue weighted by Crippen LogP contribution is 2.29. The van der Waals surface area contributed by atoms with E-state index in [4.69, 9.17) is 9.47 Å². The van der Waals surface area contributed by atoms with Crippen molar-refractivity contribution < 1.29 is 19.2 Å². The van der Waals surface area contributed by atoms with Crippen LogP contribution in [-0.2, 0) is 4.79 Å². The maximum absolute atomic E-state index is 12.0. The van der Waals surface area contributed by atoms with Gasteiger partial charge in [0.15, 0.2) is 0 Å². The number of amides is 1. The minimum absolute atomic E-state index is 0.0330. The molecule has 0 aliphatic carbocycles. The zero-order valence-electron chi connectivity index (χ0n) is 13.2. The van der Waals surface area contributed by atoms with Crippen LogP contribution in [0.1, 0.15) is 5.56 Å². The third kappa shape index (κ3) is 4.33. The average molecular weight is 328 g/mol. The molecule has 0 unspecified atom stereocenters. The Labute approximate surface area is 138 Å². The van der Waals surface area contributed by atoms with E-state index in [0.29, 0.717) is 22.7 Å². The van der Waals surface area contributed by atoms with E-state index in [0.717, 1.165) is 0 Å². The molecule has 7 nitrogen and oxygen atoms in total. The number of ether oxygens (including phenoxy) is 2. The van der Waals surface area contributed by atoms with E-state index in [-0.39, 0.29) is 11.6 Å². The average Bonchev–Trinajstić information content (AvgIpc) is 2.60. The zero-order chi connectivity index (χ0) is 17.5. The van der Waals surface area contributed by atoms with Crippen LogP contribution < -0.4 is 14.8 Å². The summed E-state index contributed by atoms with van der Waals surface area (Å²) in [4.78, 5) is 22.3. The fourth-order valence-corrected chi connectivity index (χ4v) is 1.99. The molecule has 0 radical (unpaired) electrons. The minimum Gasteiger partial charge on any atom is -0.497 e. The van der Waals surface area contributed by atoms with E-state index in [1.165, 1.54) is 38.5 Å². The quantitative estimate of drug-likeness (QED) is 0.499. The van der Waals surface area contributed by atoms with Crippen LogP contribution in [0.2, 0.25) is 0 Å². The molecule has 2 aromatic carbocycles. The van der Waals surface area contributed by atoms with Crippen LogP contribution in [0, 0.1) is 10.1 Å². The smallest absolute Gasteiger partial charge is 0.270 e. The number of nitrogens with zero attached hydrogens (tertiary/aromatic N) is 1. The number of anilines is 1. The molecule has 0 heterocycles. The van der Waals surface area contributed by atoms with Crippen molar-refractivity contribution in [1.82, 2.24) is 0 Å². The largest absolute Gasteiger partial charge is 0.497 e. The summed E-state index contributed by atoms with van der Waals surface area (Å²) in [6.07, 6.45) is 2.79. The number of carbonyl (C=O) groups excluding carboxylic acids is 1. The summed E-state index contributed by atoms with van der Waals surface area (Å²) in [5.74, 6) is 0.688. The molecule has 2 rings (SSSR count). The van der Waals surface area contributed by atoms with Crippen molar-refractivity contribution >= 4 is 23.4 Å². The first-order valence-electron chi connectivity index (χ1n) is 6.99. The number of nitro groups is 1. The topological polar surface area (TPSA) is 90.7 Å². The number of hydrogen-bond acceptors (Lipinski definition) is 5. The van der Waals surface area contributed by atoms with Gasteiger partial charge in [0.1, 0.15) is 11.5 Å². The lowest BCUT2D eigenvalue weighted by Gasteiger charge is -2.10. The molecule has 0 saturated heterocycles. The van der Waals surface area contributed by atoms with E-state index in [1.54, 1.807) is 30.3 Å². The van der Waals surface area contributed by atoms with Crippen LogP contribution in [0.5, 0.6) is 11.5 Å². The Bertz CT molecular complexity index is 786. The van der Waals surface area contributed by atoms with Crippen LogP contribution in [-0.4, -0.2) is 25.1 Å². The molecule has 0 fully saturated rings. The van der Waals surface area contributed by atoms with Gasteiger partial charge in [-0.25, -0.2) is 0 Å². The Kier molecular flexibility index (Phi) is 5.51. The van der Waals surface area contributed by atoms with Crippen molar-refractivity contribution in [3.63, 3.8) is 0 Å². The van der Waals surface area contributed by atoms with Crippen LogP contribution in [0.15, 0.2) is 48.5 Å². The Morgan fingerprint density at radius 3 is 2.62 bits per heavy atom. The van der Waals surface area contributed by atoms with Gasteiger partial charge in [-0.1, -0.05) is 12.1 Å². The van der Waals surface area contributed by atoms with Gasteiger partial charge in [0.25, 0.3) is 5.69 Å². The molecule has 2 aromatic rings. The third-order valence-corrected chi connectivity index (χ3v) is 3.17. The summed E-state index contributed by atoms with van der Waals surface area (Å²) < 4.78 is 10.3. The number of hydrogen-bond donors (Lipinski definition) is 1. The second kappa shape index (κ2) is 7.77. The van der Waals surface area contributed by atoms with E-state index in [1.807, 2.05) is 0 Å². The first-order valence-corrected chi connectivity index (χ1v) is 6.99. The van der Waals surface area contributed by atoms with Crippen molar-refractivity contribution in [2.75, 3.05) is 19.5 Å². The number of benzene rings is 2. The number of non-ortho nitro benzene ring substituents is 1. The molecule has 1 N–H and O–H groups in total. The van der Waals surface area contributed by atoms with Crippen molar-refractivity contribution in [2.24, 2.45) is 0 Å². The van der Waals surface area contributed by atoms with Gasteiger partial charge in [-0.15, -0.1) is 0 Å². The molecule has 24 heavy (non-hydrogen) atoms. The van der Waals surface area contributed by atoms with Gasteiger partial charge in [-0.05, 0) is 23.8 Å². The summed E-state index contributed by atoms with van der Waals surface area (Å²) in [6.45, 7) is 0. The zero-order valence-corrected chi connectivity index (χ0v) is 13.2. The lowest BCUT2D eigenvalue weighted by atomic mass is 10.2. The Morgan fingerprint density at radius 2 is 1.96 bits per heavy atom. The van der Waals surface area contributed by atoms with Crippen LogP contribution >= 0.6 is 0 Å². The second-order valence-corrected chi connectivity index (χ2v) is 4.74. The van der Waals surface area contributed by atoms with E-state index in [2.05, 4.69) is 5.32 Å². The van der Waals surface area contributed by atoms with E-state index >= 15 is 0 Å². The van der Waals surface area contributed by atoms with Gasteiger partial charge in [0.05, 0.1) is 24.8 Å². The van der Waals surface area contributed by atoms with Gasteiger partial charge in [-0.3, -0.25) is 14.9 Å². The Hall–Kier alpha value is -3.35. The van der Waals surface area contributed by atoms with Crippen molar-refractivity contribution in [2.45, 2.75) is 0 Å². The van der Waals surface area contributed by atoms with E-state index in [9.17, 15) is 14.9 Å². The van der Waals surface area contributed by atoms with Gasteiger partial charge in [-0.2, -0.15) is 0 Å². The first-order chi connectivity index (χ1) is 11.5. The standard InChI is InChI=1S/C17H16N2O5/c1-23-14-7-8-15(16(11-14)24-2)18-17(20)9-6-12-4-3-5-13(10-12)19(21)22/h3-11H,1-2H3,(H,18,20)/b9-6+. The normalized spacial score (nSPS) is 10.4. The van der Waals surface area contributed by atoms with Gasteiger partial charge >= 0.3 is 0 Å². The Morgan fingerprint density at radius 1 is 1.17 bits per heavy atom. The molecular weight excluding hydrogens is 312 g/mol. The van der Waals surface area contributed by atoms with Gasteiger partial charge in [0.2, 0.25) is 5.91 Å². The highest BCUT2D eigenvalue weighted by molar-refractivity contribution is 6.02. The van der Waals surface area contributed by atoms with Crippen molar-refractivity contribution in [3.8, 4) is 11.5 Å². The van der Waals surface area contributed by atoms with Crippen molar-refractivity contribution in [1.29, 1.82) is 0 Å². The fourth-order valence-electron chi connectivity index (χ4n) is 1.99. The highest BCUT2D eigenvalue weighted by atomic mass is 16.6. The van der Waals surface area contributed by atoms with Crippen LogP contribution in [0.3, 0.4) is 0 Å².